The molecular formula is C19H21ClFN5OS. The van der Waals surface area contributed by atoms with Gasteiger partial charge in [-0.1, -0.05) is 0 Å². The van der Waals surface area contributed by atoms with Gasteiger partial charge in [0.15, 0.2) is 5.13 Å². The average Bonchev–Trinajstić information content (AvgIpc) is 3.33. The number of benzene rings is 1. The monoisotopic (exact) mass is 421 g/mol. The van der Waals surface area contributed by atoms with Crippen LogP contribution in [0.4, 0.5) is 9.52 Å². The number of thiazole rings is 1. The Hall–Kier alpha value is -2.29. The zero-order valence-corrected chi connectivity index (χ0v) is 16.9. The van der Waals surface area contributed by atoms with Gasteiger partial charge in [-0.15, -0.1) is 23.7 Å². The van der Waals surface area contributed by atoms with Gasteiger partial charge in [-0.25, -0.2) is 9.37 Å². The minimum Gasteiger partial charge on any atom is -0.317 e. The lowest BCUT2D eigenvalue weighted by atomic mass is 9.87. The number of carbonyl (C=O) groups excluding carboxylic acids is 1. The number of carbonyl (C=O) groups is 1. The third-order valence-corrected chi connectivity index (χ3v) is 5.82. The number of aryl methyl sites for hydroxylation is 1. The number of anilines is 1. The molecule has 2 aromatic heterocycles. The van der Waals surface area contributed by atoms with Crippen molar-refractivity contribution in [2.24, 2.45) is 0 Å². The van der Waals surface area contributed by atoms with Gasteiger partial charge in [0.1, 0.15) is 11.4 Å². The lowest BCUT2D eigenvalue weighted by molar-refractivity contribution is -0.126. The largest absolute Gasteiger partial charge is 0.317 e. The van der Waals surface area contributed by atoms with Gasteiger partial charge in [-0.05, 0) is 63.2 Å². The quantitative estimate of drug-likeness (QED) is 0.675. The maximum Gasteiger partial charge on any atom is 0.254 e. The summed E-state index contributed by atoms with van der Waals surface area (Å²) in [6.07, 6.45) is 4.85. The second-order valence-electron chi connectivity index (χ2n) is 6.62. The van der Waals surface area contributed by atoms with E-state index >= 15 is 0 Å². The van der Waals surface area contributed by atoms with Crippen LogP contribution in [0.5, 0.6) is 0 Å². The predicted molar refractivity (Wildman–Crippen MR) is 110 cm³/mol. The molecule has 1 aliphatic heterocycles. The lowest BCUT2D eigenvalue weighted by Gasteiger charge is -2.36. The van der Waals surface area contributed by atoms with E-state index in [9.17, 15) is 9.18 Å². The minimum absolute atomic E-state index is 0. The van der Waals surface area contributed by atoms with Crippen LogP contribution in [0.15, 0.2) is 42.7 Å². The molecule has 3 aromatic rings. The maximum atomic E-state index is 13.2. The summed E-state index contributed by atoms with van der Waals surface area (Å²) >= 11 is 1.42. The number of halogens is 2. The van der Waals surface area contributed by atoms with E-state index in [2.05, 4.69) is 20.7 Å². The van der Waals surface area contributed by atoms with Crippen LogP contribution < -0.4 is 10.6 Å². The SMILES string of the molecule is Cc1sc(NC(=O)C2(n3cccn3)CCNCC2)nc1-c1ccc(F)cc1.Cl. The van der Waals surface area contributed by atoms with Gasteiger partial charge in [0.2, 0.25) is 0 Å². The Morgan fingerprint density at radius 3 is 2.64 bits per heavy atom. The molecule has 1 amide bonds. The number of hydrogen-bond acceptors (Lipinski definition) is 5. The fourth-order valence-corrected chi connectivity index (χ4v) is 4.29. The van der Waals surface area contributed by atoms with Crippen molar-refractivity contribution in [2.75, 3.05) is 18.4 Å². The molecule has 0 spiro atoms. The molecular weight excluding hydrogens is 401 g/mol. The Balaban J connectivity index is 0.00000225. The molecule has 0 aliphatic carbocycles. The number of rotatable bonds is 4. The smallest absolute Gasteiger partial charge is 0.254 e. The van der Waals surface area contributed by atoms with Crippen molar-refractivity contribution in [3.63, 3.8) is 0 Å². The van der Waals surface area contributed by atoms with E-state index < -0.39 is 5.54 Å². The van der Waals surface area contributed by atoms with Crippen molar-refractivity contribution in [1.29, 1.82) is 0 Å². The molecule has 1 aromatic carbocycles. The molecule has 1 saturated heterocycles. The summed E-state index contributed by atoms with van der Waals surface area (Å²) in [5.74, 6) is -0.390. The van der Waals surface area contributed by atoms with Gasteiger partial charge < -0.3 is 5.32 Å². The van der Waals surface area contributed by atoms with E-state index in [1.54, 1.807) is 23.0 Å². The van der Waals surface area contributed by atoms with E-state index in [1.165, 1.54) is 23.5 Å². The molecule has 9 heteroatoms. The molecule has 0 unspecified atom stereocenters. The summed E-state index contributed by atoms with van der Waals surface area (Å²) in [7, 11) is 0. The first-order chi connectivity index (χ1) is 13.1. The van der Waals surface area contributed by atoms with Crippen LogP contribution in [-0.4, -0.2) is 33.8 Å². The van der Waals surface area contributed by atoms with Crippen molar-refractivity contribution in [1.82, 2.24) is 20.1 Å². The third kappa shape index (κ3) is 3.80. The fraction of sp³-hybridized carbons (Fsp3) is 0.316. The van der Waals surface area contributed by atoms with Crippen molar-refractivity contribution < 1.29 is 9.18 Å². The van der Waals surface area contributed by atoms with Crippen LogP contribution in [0, 0.1) is 12.7 Å². The first-order valence-electron chi connectivity index (χ1n) is 8.84. The lowest BCUT2D eigenvalue weighted by Crippen LogP contribution is -2.52. The molecule has 1 aliphatic rings. The van der Waals surface area contributed by atoms with Crippen molar-refractivity contribution in [2.45, 2.75) is 25.3 Å². The van der Waals surface area contributed by atoms with Crippen LogP contribution in [0.25, 0.3) is 11.3 Å². The maximum absolute atomic E-state index is 13.2. The number of nitrogens with one attached hydrogen (secondary N) is 2. The second kappa shape index (κ2) is 8.38. The molecule has 1 fully saturated rings. The van der Waals surface area contributed by atoms with E-state index in [1.807, 2.05) is 19.2 Å². The van der Waals surface area contributed by atoms with E-state index in [4.69, 9.17) is 0 Å². The zero-order valence-electron chi connectivity index (χ0n) is 15.3. The summed E-state index contributed by atoms with van der Waals surface area (Å²) in [6, 6.07) is 8.04. The molecule has 3 heterocycles. The Labute approximate surface area is 172 Å². The molecule has 6 nitrogen and oxygen atoms in total. The van der Waals surface area contributed by atoms with E-state index in [-0.39, 0.29) is 24.1 Å². The standard InChI is InChI=1S/C19H20FN5OS.ClH/c1-13-16(14-3-5-15(20)6-4-14)23-18(27-13)24-17(26)19(7-10-21-11-8-19)25-12-2-9-22-25;/h2-6,9,12,21H,7-8,10-11H2,1H3,(H,23,24,26);1H. The number of amides is 1. The number of aromatic nitrogens is 3. The number of hydrogen-bond donors (Lipinski definition) is 2. The summed E-state index contributed by atoms with van der Waals surface area (Å²) in [6.45, 7) is 3.45. The van der Waals surface area contributed by atoms with E-state index in [0.29, 0.717) is 18.0 Å². The van der Waals surface area contributed by atoms with E-state index in [0.717, 1.165) is 29.2 Å². The van der Waals surface area contributed by atoms with Crippen molar-refractivity contribution >= 4 is 34.8 Å². The Morgan fingerprint density at radius 2 is 2.00 bits per heavy atom. The van der Waals surface area contributed by atoms with Gasteiger partial charge in [0.05, 0.1) is 5.69 Å². The first-order valence-corrected chi connectivity index (χ1v) is 9.66. The van der Waals surface area contributed by atoms with Crippen LogP contribution >= 0.6 is 23.7 Å². The van der Waals surface area contributed by atoms with Crippen LogP contribution in [0.1, 0.15) is 17.7 Å². The van der Waals surface area contributed by atoms with Crippen LogP contribution in [0.2, 0.25) is 0 Å². The van der Waals surface area contributed by atoms with Crippen LogP contribution in [-0.2, 0) is 10.3 Å². The average molecular weight is 422 g/mol. The zero-order chi connectivity index (χ0) is 18.9. The molecule has 4 rings (SSSR count). The highest BCUT2D eigenvalue weighted by Gasteiger charge is 2.42. The van der Waals surface area contributed by atoms with Gasteiger partial charge in [-0.2, -0.15) is 5.10 Å². The minimum atomic E-state index is -0.718. The van der Waals surface area contributed by atoms with Gasteiger partial charge >= 0.3 is 0 Å². The van der Waals surface area contributed by atoms with Gasteiger partial charge in [0, 0.05) is 22.8 Å². The van der Waals surface area contributed by atoms with Crippen molar-refractivity contribution in [3.8, 4) is 11.3 Å². The van der Waals surface area contributed by atoms with Gasteiger partial charge in [-0.3, -0.25) is 14.8 Å². The Morgan fingerprint density at radius 1 is 1.29 bits per heavy atom. The highest BCUT2D eigenvalue weighted by atomic mass is 35.5. The highest BCUT2D eigenvalue weighted by molar-refractivity contribution is 7.16. The van der Waals surface area contributed by atoms with Crippen molar-refractivity contribution in [3.05, 3.63) is 53.4 Å². The summed E-state index contributed by atoms with van der Waals surface area (Å²) < 4.78 is 14.9. The van der Waals surface area contributed by atoms with Crippen LogP contribution in [0.3, 0.4) is 0 Å². The summed E-state index contributed by atoms with van der Waals surface area (Å²) in [5, 5.41) is 11.2. The fourth-order valence-electron chi connectivity index (χ4n) is 3.46. The topological polar surface area (TPSA) is 71.8 Å². The molecule has 148 valence electrons. The Kier molecular flexibility index (Phi) is 6.12. The molecule has 28 heavy (non-hydrogen) atoms. The molecule has 0 bridgehead atoms. The van der Waals surface area contributed by atoms with Gasteiger partial charge in [0.25, 0.3) is 5.91 Å². The number of piperidine rings is 1. The summed E-state index contributed by atoms with van der Waals surface area (Å²) in [4.78, 5) is 18.8. The predicted octanol–water partition coefficient (Wildman–Crippen LogP) is 3.59. The summed E-state index contributed by atoms with van der Waals surface area (Å²) in [5.41, 5.74) is 0.868. The Bertz CT molecular complexity index is 936. The molecule has 2 N–H and O–H groups in total. The highest BCUT2D eigenvalue weighted by Crippen LogP contribution is 2.33. The number of nitrogens with zero attached hydrogens (tertiary/aromatic N) is 3. The second-order valence-corrected chi connectivity index (χ2v) is 7.82. The first kappa shape index (κ1) is 20.4. The molecule has 0 atom stereocenters. The normalized spacial score (nSPS) is 15.6. The molecule has 0 saturated carbocycles. The molecule has 0 radical (unpaired) electrons. The third-order valence-electron chi connectivity index (χ3n) is 4.93.